The van der Waals surface area contributed by atoms with Crippen molar-refractivity contribution in [2.24, 2.45) is 0 Å². The fraction of sp³-hybridized carbons (Fsp3) is 0.462. The molecule has 0 spiro atoms. The van der Waals surface area contributed by atoms with Crippen LogP contribution in [-0.4, -0.2) is 35.1 Å². The van der Waals surface area contributed by atoms with Crippen LogP contribution in [0, 0.1) is 0 Å². The molecular formula is C13H16ClNO2. The third-order valence-electron chi connectivity index (χ3n) is 3.08. The lowest BCUT2D eigenvalue weighted by atomic mass is 10.1. The minimum atomic E-state index is -0.256. The highest BCUT2D eigenvalue weighted by Gasteiger charge is 2.22. The first-order chi connectivity index (χ1) is 8.20. The molecule has 0 bridgehead atoms. The average Bonchev–Trinajstić information content (AvgIpc) is 2.39. The molecule has 1 aliphatic heterocycles. The van der Waals surface area contributed by atoms with Crippen LogP contribution in [-0.2, 0) is 5.88 Å². The molecule has 1 saturated heterocycles. The molecule has 17 heavy (non-hydrogen) atoms. The van der Waals surface area contributed by atoms with Crippen molar-refractivity contribution >= 4 is 17.5 Å². The molecule has 1 aromatic rings. The van der Waals surface area contributed by atoms with Gasteiger partial charge >= 0.3 is 0 Å². The third-order valence-corrected chi connectivity index (χ3v) is 3.39. The van der Waals surface area contributed by atoms with Crippen LogP contribution in [0.1, 0.15) is 28.8 Å². The fourth-order valence-electron chi connectivity index (χ4n) is 2.04. The van der Waals surface area contributed by atoms with Gasteiger partial charge in [0.15, 0.2) is 0 Å². The summed E-state index contributed by atoms with van der Waals surface area (Å²) in [6.07, 6.45) is 1.08. The normalized spacial score (nSPS) is 17.2. The quantitative estimate of drug-likeness (QED) is 0.820. The summed E-state index contributed by atoms with van der Waals surface area (Å²) in [5.41, 5.74) is 1.63. The van der Waals surface area contributed by atoms with Crippen LogP contribution in [0.25, 0.3) is 0 Å². The maximum Gasteiger partial charge on any atom is 0.253 e. The van der Waals surface area contributed by atoms with E-state index in [2.05, 4.69) is 0 Å². The Morgan fingerprint density at radius 3 is 2.76 bits per heavy atom. The monoisotopic (exact) mass is 253 g/mol. The fourth-order valence-corrected chi connectivity index (χ4v) is 2.21. The van der Waals surface area contributed by atoms with Crippen LogP contribution < -0.4 is 0 Å². The van der Waals surface area contributed by atoms with E-state index in [1.165, 1.54) is 0 Å². The molecule has 92 valence electrons. The van der Waals surface area contributed by atoms with Gasteiger partial charge in [-0.3, -0.25) is 4.79 Å². The predicted molar refractivity (Wildman–Crippen MR) is 67.1 cm³/mol. The Balaban J connectivity index is 2.08. The lowest BCUT2D eigenvalue weighted by Gasteiger charge is -2.29. The van der Waals surface area contributed by atoms with Crippen LogP contribution >= 0.6 is 11.6 Å². The summed E-state index contributed by atoms with van der Waals surface area (Å²) in [6, 6.07) is 7.40. The summed E-state index contributed by atoms with van der Waals surface area (Å²) < 4.78 is 0. The van der Waals surface area contributed by atoms with E-state index in [1.54, 1.807) is 4.90 Å². The number of hydrogen-bond acceptors (Lipinski definition) is 2. The smallest absolute Gasteiger partial charge is 0.253 e. The Labute approximate surface area is 106 Å². The van der Waals surface area contributed by atoms with Gasteiger partial charge in [0, 0.05) is 24.5 Å². The molecular weight excluding hydrogens is 238 g/mol. The summed E-state index contributed by atoms with van der Waals surface area (Å²) in [4.78, 5) is 14.0. The number of rotatable bonds is 2. The van der Waals surface area contributed by atoms with Crippen molar-refractivity contribution in [2.45, 2.75) is 24.8 Å². The third kappa shape index (κ3) is 2.99. The molecule has 0 unspecified atom stereocenters. The molecule has 1 aromatic carbocycles. The lowest BCUT2D eigenvalue weighted by molar-refractivity contribution is 0.0546. The van der Waals surface area contributed by atoms with E-state index in [0.717, 1.165) is 5.56 Å². The maximum absolute atomic E-state index is 12.2. The van der Waals surface area contributed by atoms with Crippen LogP contribution in [0.3, 0.4) is 0 Å². The minimum absolute atomic E-state index is 0.0314. The second-order valence-corrected chi connectivity index (χ2v) is 4.62. The van der Waals surface area contributed by atoms with E-state index in [4.69, 9.17) is 11.6 Å². The molecule has 1 N–H and O–H groups in total. The predicted octanol–water partition coefficient (Wildman–Crippen LogP) is 2.02. The molecule has 0 radical (unpaired) electrons. The van der Waals surface area contributed by atoms with Crippen LogP contribution in [0.5, 0.6) is 0 Å². The zero-order valence-corrected chi connectivity index (χ0v) is 10.4. The number of nitrogens with zero attached hydrogens (tertiary/aromatic N) is 1. The van der Waals surface area contributed by atoms with Gasteiger partial charge in [-0.2, -0.15) is 0 Å². The summed E-state index contributed by atoms with van der Waals surface area (Å²) in [5.74, 6) is 0.448. The summed E-state index contributed by atoms with van der Waals surface area (Å²) in [7, 11) is 0. The number of carbonyl (C=O) groups is 1. The number of piperidine rings is 1. The van der Waals surface area contributed by atoms with E-state index in [9.17, 15) is 9.90 Å². The first kappa shape index (κ1) is 12.4. The Hall–Kier alpha value is -1.06. The van der Waals surface area contributed by atoms with E-state index in [0.29, 0.717) is 37.4 Å². The van der Waals surface area contributed by atoms with Gasteiger partial charge in [-0.05, 0) is 30.5 Å². The summed E-state index contributed by atoms with van der Waals surface area (Å²) >= 11 is 5.75. The Bertz CT molecular complexity index is 400. The molecule has 0 saturated carbocycles. The Kier molecular flexibility index (Phi) is 4.02. The van der Waals surface area contributed by atoms with Crippen molar-refractivity contribution in [1.82, 2.24) is 4.90 Å². The van der Waals surface area contributed by atoms with Gasteiger partial charge in [0.05, 0.1) is 6.10 Å². The zero-order chi connectivity index (χ0) is 12.3. The highest BCUT2D eigenvalue weighted by Crippen LogP contribution is 2.15. The van der Waals surface area contributed by atoms with Gasteiger partial charge in [0.25, 0.3) is 5.91 Å². The topological polar surface area (TPSA) is 40.5 Å². The second-order valence-electron chi connectivity index (χ2n) is 4.36. The van der Waals surface area contributed by atoms with Crippen molar-refractivity contribution in [1.29, 1.82) is 0 Å². The van der Waals surface area contributed by atoms with Crippen LogP contribution in [0.4, 0.5) is 0 Å². The Morgan fingerprint density at radius 1 is 1.41 bits per heavy atom. The number of benzene rings is 1. The van der Waals surface area contributed by atoms with Crippen molar-refractivity contribution in [2.75, 3.05) is 13.1 Å². The molecule has 1 aliphatic rings. The molecule has 1 heterocycles. The number of carbonyl (C=O) groups excluding carboxylic acids is 1. The van der Waals surface area contributed by atoms with Gasteiger partial charge < -0.3 is 10.0 Å². The highest BCUT2D eigenvalue weighted by atomic mass is 35.5. The molecule has 1 amide bonds. The largest absolute Gasteiger partial charge is 0.393 e. The standard InChI is InChI=1S/C13H16ClNO2/c14-9-10-2-1-3-11(8-10)13(17)15-6-4-12(16)5-7-15/h1-3,8,12,16H,4-7,9H2. The zero-order valence-electron chi connectivity index (χ0n) is 9.60. The van der Waals surface area contributed by atoms with Crippen molar-refractivity contribution in [3.8, 4) is 0 Å². The number of amides is 1. The maximum atomic E-state index is 12.2. The molecule has 1 fully saturated rings. The van der Waals surface area contributed by atoms with Crippen LogP contribution in [0.15, 0.2) is 24.3 Å². The van der Waals surface area contributed by atoms with Gasteiger partial charge in [0.1, 0.15) is 0 Å². The van der Waals surface area contributed by atoms with Crippen molar-refractivity contribution in [3.63, 3.8) is 0 Å². The SMILES string of the molecule is O=C(c1cccc(CCl)c1)N1CCC(O)CC1. The average molecular weight is 254 g/mol. The lowest BCUT2D eigenvalue weighted by Crippen LogP contribution is -2.40. The van der Waals surface area contributed by atoms with E-state index >= 15 is 0 Å². The summed E-state index contributed by atoms with van der Waals surface area (Å²) in [5, 5.41) is 9.41. The number of halogens is 1. The molecule has 0 atom stereocenters. The first-order valence-electron chi connectivity index (χ1n) is 5.83. The number of likely N-dealkylation sites (tertiary alicyclic amines) is 1. The number of alkyl halides is 1. The van der Waals surface area contributed by atoms with E-state index in [1.807, 2.05) is 24.3 Å². The Morgan fingerprint density at radius 2 is 2.12 bits per heavy atom. The van der Waals surface area contributed by atoms with Gasteiger partial charge in [-0.15, -0.1) is 11.6 Å². The molecule has 0 aromatic heterocycles. The number of aliphatic hydroxyl groups is 1. The van der Waals surface area contributed by atoms with E-state index in [-0.39, 0.29) is 12.0 Å². The van der Waals surface area contributed by atoms with Gasteiger partial charge in [-0.1, -0.05) is 12.1 Å². The molecule has 3 nitrogen and oxygen atoms in total. The van der Waals surface area contributed by atoms with Crippen molar-refractivity contribution < 1.29 is 9.90 Å². The van der Waals surface area contributed by atoms with Crippen molar-refractivity contribution in [3.05, 3.63) is 35.4 Å². The van der Waals surface area contributed by atoms with E-state index < -0.39 is 0 Å². The second kappa shape index (κ2) is 5.52. The minimum Gasteiger partial charge on any atom is -0.393 e. The van der Waals surface area contributed by atoms with Crippen LogP contribution in [0.2, 0.25) is 0 Å². The number of hydrogen-bond donors (Lipinski definition) is 1. The summed E-state index contributed by atoms with van der Waals surface area (Å²) in [6.45, 7) is 1.26. The molecule has 2 rings (SSSR count). The van der Waals surface area contributed by atoms with Gasteiger partial charge in [-0.25, -0.2) is 0 Å². The van der Waals surface area contributed by atoms with Gasteiger partial charge in [0.2, 0.25) is 0 Å². The molecule has 4 heteroatoms. The highest BCUT2D eigenvalue weighted by molar-refractivity contribution is 6.17. The first-order valence-corrected chi connectivity index (χ1v) is 6.36. The number of aliphatic hydroxyl groups excluding tert-OH is 1. The molecule has 0 aliphatic carbocycles.